The maximum atomic E-state index is 5.26. The smallest absolute Gasteiger partial charge is 0.191 e. The minimum atomic E-state index is 0.438. The van der Waals surface area contributed by atoms with Crippen LogP contribution in [0.15, 0.2) is 59.6 Å². The van der Waals surface area contributed by atoms with Crippen LogP contribution in [0.1, 0.15) is 24.8 Å². The number of aliphatic imine (C=N–C) groups is 1. The average molecular weight is 436 g/mol. The first kappa shape index (κ1) is 22.5. The van der Waals surface area contributed by atoms with Gasteiger partial charge in [0.2, 0.25) is 0 Å². The highest BCUT2D eigenvalue weighted by Crippen LogP contribution is 2.21. The predicted octanol–water partition coefficient (Wildman–Crippen LogP) is 3.35. The molecule has 0 aromatic heterocycles. The van der Waals surface area contributed by atoms with E-state index in [2.05, 4.69) is 67.9 Å². The van der Waals surface area contributed by atoms with Gasteiger partial charge in [0.05, 0.1) is 7.11 Å². The van der Waals surface area contributed by atoms with Crippen molar-refractivity contribution in [3.63, 3.8) is 0 Å². The van der Waals surface area contributed by atoms with Gasteiger partial charge in [-0.15, -0.1) is 0 Å². The Morgan fingerprint density at radius 2 is 1.75 bits per heavy atom. The molecule has 0 amide bonds. The molecule has 6 heteroatoms. The van der Waals surface area contributed by atoms with E-state index in [0.717, 1.165) is 57.4 Å². The number of benzene rings is 2. The Morgan fingerprint density at radius 1 is 1.00 bits per heavy atom. The van der Waals surface area contributed by atoms with E-state index >= 15 is 0 Å². The van der Waals surface area contributed by atoms with Crippen LogP contribution in [-0.2, 0) is 6.54 Å². The van der Waals surface area contributed by atoms with Gasteiger partial charge >= 0.3 is 0 Å². The fourth-order valence-corrected chi connectivity index (χ4v) is 4.72. The van der Waals surface area contributed by atoms with Gasteiger partial charge in [0, 0.05) is 45.0 Å². The number of rotatable bonds is 7. The predicted molar refractivity (Wildman–Crippen MR) is 133 cm³/mol. The van der Waals surface area contributed by atoms with Crippen molar-refractivity contribution in [3.05, 3.63) is 60.2 Å². The Bertz CT molecular complexity index is 846. The van der Waals surface area contributed by atoms with Gasteiger partial charge in [-0.2, -0.15) is 0 Å². The first-order valence-electron chi connectivity index (χ1n) is 11.9. The molecule has 0 radical (unpaired) electrons. The third-order valence-corrected chi connectivity index (χ3v) is 6.70. The molecule has 0 saturated carbocycles. The molecule has 32 heavy (non-hydrogen) atoms. The van der Waals surface area contributed by atoms with Gasteiger partial charge in [-0.25, -0.2) is 0 Å². The lowest BCUT2D eigenvalue weighted by atomic mass is 9.96. The van der Waals surface area contributed by atoms with E-state index < -0.39 is 0 Å². The lowest BCUT2D eigenvalue weighted by Gasteiger charge is -2.32. The van der Waals surface area contributed by atoms with Gasteiger partial charge in [0.25, 0.3) is 0 Å². The zero-order valence-electron chi connectivity index (χ0n) is 19.5. The summed E-state index contributed by atoms with van der Waals surface area (Å²) in [7, 11) is 3.59. The van der Waals surface area contributed by atoms with Crippen LogP contribution in [0.5, 0.6) is 5.75 Å². The number of guanidine groups is 1. The molecule has 2 fully saturated rings. The maximum absolute atomic E-state index is 5.26. The molecule has 2 heterocycles. The van der Waals surface area contributed by atoms with Crippen molar-refractivity contribution in [2.45, 2.75) is 31.8 Å². The number of nitrogens with zero attached hydrogens (tertiary/aromatic N) is 3. The molecule has 172 valence electrons. The largest absolute Gasteiger partial charge is 0.497 e. The summed E-state index contributed by atoms with van der Waals surface area (Å²) in [5.41, 5.74) is 2.66. The second-order valence-electron chi connectivity index (χ2n) is 8.93. The Morgan fingerprint density at radius 3 is 2.44 bits per heavy atom. The van der Waals surface area contributed by atoms with Crippen LogP contribution >= 0.6 is 0 Å². The quantitative estimate of drug-likeness (QED) is 0.516. The van der Waals surface area contributed by atoms with Crippen molar-refractivity contribution in [2.75, 3.05) is 51.8 Å². The third kappa shape index (κ3) is 6.16. The highest BCUT2D eigenvalue weighted by atomic mass is 16.5. The summed E-state index contributed by atoms with van der Waals surface area (Å²) in [6.45, 7) is 6.43. The van der Waals surface area contributed by atoms with Crippen molar-refractivity contribution in [3.8, 4) is 5.75 Å². The topological polar surface area (TPSA) is 52.1 Å². The monoisotopic (exact) mass is 435 g/mol. The summed E-state index contributed by atoms with van der Waals surface area (Å²) in [6, 6.07) is 19.6. The Labute approximate surface area is 192 Å². The second kappa shape index (κ2) is 11.2. The van der Waals surface area contributed by atoms with Crippen LogP contribution in [0.25, 0.3) is 0 Å². The van der Waals surface area contributed by atoms with Crippen LogP contribution in [0.4, 0.5) is 5.69 Å². The molecule has 0 aliphatic carbocycles. The maximum Gasteiger partial charge on any atom is 0.191 e. The summed E-state index contributed by atoms with van der Waals surface area (Å²) >= 11 is 0. The highest BCUT2D eigenvalue weighted by molar-refractivity contribution is 5.80. The molecule has 2 aromatic rings. The van der Waals surface area contributed by atoms with Gasteiger partial charge in [-0.05, 0) is 68.1 Å². The molecule has 2 aliphatic heterocycles. The van der Waals surface area contributed by atoms with E-state index in [1.54, 1.807) is 7.11 Å². The first-order chi connectivity index (χ1) is 15.7. The second-order valence-corrected chi connectivity index (χ2v) is 8.93. The molecule has 4 rings (SSSR count). The molecule has 2 aliphatic rings. The van der Waals surface area contributed by atoms with E-state index in [-0.39, 0.29) is 0 Å². The molecule has 2 saturated heterocycles. The first-order valence-corrected chi connectivity index (χ1v) is 11.9. The molecular formula is C26H37N5O. The van der Waals surface area contributed by atoms with Gasteiger partial charge in [0.1, 0.15) is 5.75 Å². The van der Waals surface area contributed by atoms with Crippen LogP contribution in [0.2, 0.25) is 0 Å². The highest BCUT2D eigenvalue weighted by Gasteiger charge is 2.24. The SMILES string of the molecule is CN=C(NCC1CCN(Cc2ccc(OC)cc2)CC1)NC1CCN(c2ccccc2)C1. The van der Waals surface area contributed by atoms with Crippen molar-refractivity contribution < 1.29 is 4.74 Å². The Kier molecular flexibility index (Phi) is 7.88. The van der Waals surface area contributed by atoms with Crippen LogP contribution in [-0.4, -0.2) is 63.8 Å². The molecule has 2 aromatic carbocycles. The summed E-state index contributed by atoms with van der Waals surface area (Å²) in [6.07, 6.45) is 3.59. The summed E-state index contributed by atoms with van der Waals surface area (Å²) in [4.78, 5) is 9.48. The van der Waals surface area contributed by atoms with Gasteiger partial charge in [-0.3, -0.25) is 9.89 Å². The van der Waals surface area contributed by atoms with Crippen molar-refractivity contribution in [1.82, 2.24) is 15.5 Å². The van der Waals surface area contributed by atoms with E-state index in [1.165, 1.54) is 24.1 Å². The van der Waals surface area contributed by atoms with Crippen LogP contribution < -0.4 is 20.3 Å². The van der Waals surface area contributed by atoms with Gasteiger partial charge in [-0.1, -0.05) is 30.3 Å². The average Bonchev–Trinajstić information content (AvgIpc) is 3.32. The molecule has 1 unspecified atom stereocenters. The number of piperidine rings is 1. The minimum Gasteiger partial charge on any atom is -0.497 e. The Balaban J connectivity index is 1.16. The number of methoxy groups -OCH3 is 1. The van der Waals surface area contributed by atoms with Gasteiger partial charge < -0.3 is 20.3 Å². The Hall–Kier alpha value is -2.73. The zero-order chi connectivity index (χ0) is 22.2. The molecule has 0 bridgehead atoms. The summed E-state index contributed by atoms with van der Waals surface area (Å²) in [5.74, 6) is 2.56. The minimum absolute atomic E-state index is 0.438. The number of para-hydroxylation sites is 1. The normalized spacial score (nSPS) is 20.4. The van der Waals surface area contributed by atoms with Crippen molar-refractivity contribution in [2.24, 2.45) is 10.9 Å². The standard InChI is InChI=1S/C26H37N5O/c1-27-26(29-23-14-17-31(20-23)24-6-4-3-5-7-24)28-18-21-12-15-30(16-13-21)19-22-8-10-25(32-2)11-9-22/h3-11,21,23H,12-20H2,1-2H3,(H2,27,28,29). The third-order valence-electron chi connectivity index (χ3n) is 6.70. The zero-order valence-corrected chi connectivity index (χ0v) is 19.5. The number of ether oxygens (including phenoxy) is 1. The number of anilines is 1. The number of hydrogen-bond acceptors (Lipinski definition) is 4. The van der Waals surface area contributed by atoms with Crippen LogP contribution in [0, 0.1) is 5.92 Å². The molecular weight excluding hydrogens is 398 g/mol. The lowest BCUT2D eigenvalue weighted by Crippen LogP contribution is -2.47. The van der Waals surface area contributed by atoms with E-state index in [9.17, 15) is 0 Å². The van der Waals surface area contributed by atoms with E-state index in [4.69, 9.17) is 4.74 Å². The summed E-state index contributed by atoms with van der Waals surface area (Å²) in [5, 5.41) is 7.22. The molecule has 1 atom stereocenters. The lowest BCUT2D eigenvalue weighted by molar-refractivity contribution is 0.178. The fraction of sp³-hybridized carbons (Fsp3) is 0.500. The van der Waals surface area contributed by atoms with E-state index in [0.29, 0.717) is 12.0 Å². The van der Waals surface area contributed by atoms with Gasteiger partial charge in [0.15, 0.2) is 5.96 Å². The van der Waals surface area contributed by atoms with Crippen LogP contribution in [0.3, 0.4) is 0 Å². The van der Waals surface area contributed by atoms with Crippen molar-refractivity contribution >= 4 is 11.6 Å². The molecule has 0 spiro atoms. The van der Waals surface area contributed by atoms with E-state index in [1.807, 2.05) is 19.2 Å². The number of nitrogens with one attached hydrogen (secondary N) is 2. The molecule has 6 nitrogen and oxygen atoms in total. The van der Waals surface area contributed by atoms with Crippen molar-refractivity contribution in [1.29, 1.82) is 0 Å². The molecule has 2 N–H and O–H groups in total. The number of hydrogen-bond donors (Lipinski definition) is 2. The number of likely N-dealkylation sites (tertiary alicyclic amines) is 1. The fourth-order valence-electron chi connectivity index (χ4n) is 4.72. The summed E-state index contributed by atoms with van der Waals surface area (Å²) < 4.78 is 5.26.